The largest absolute Gasteiger partial charge is 0.481 e. The summed E-state index contributed by atoms with van der Waals surface area (Å²) >= 11 is 0. The van der Waals surface area contributed by atoms with E-state index in [1.54, 1.807) is 0 Å². The van der Waals surface area contributed by atoms with Crippen molar-refractivity contribution in [3.63, 3.8) is 0 Å². The maximum absolute atomic E-state index is 13.2. The van der Waals surface area contributed by atoms with Crippen molar-refractivity contribution in [2.45, 2.75) is 76.5 Å². The molecule has 0 radical (unpaired) electrons. The highest BCUT2D eigenvalue weighted by atomic mass is 16.4. The van der Waals surface area contributed by atoms with Crippen LogP contribution in [-0.2, 0) is 28.8 Å². The fourth-order valence-corrected chi connectivity index (χ4v) is 3.57. The van der Waals surface area contributed by atoms with E-state index < -0.39 is 66.2 Å². The summed E-state index contributed by atoms with van der Waals surface area (Å²) in [7, 11) is 0. The van der Waals surface area contributed by atoms with Crippen molar-refractivity contribution in [2.24, 2.45) is 17.4 Å². The first kappa shape index (κ1) is 27.8. The minimum Gasteiger partial charge on any atom is -0.481 e. The number of carbonyl (C=O) groups excluding carboxylic acids is 4. The van der Waals surface area contributed by atoms with Crippen molar-refractivity contribution < 1.29 is 39.0 Å². The number of amides is 4. The molecular weight excluding hydrogens is 438 g/mol. The van der Waals surface area contributed by atoms with Gasteiger partial charge in [0.15, 0.2) is 0 Å². The van der Waals surface area contributed by atoms with Gasteiger partial charge in [0, 0.05) is 13.0 Å². The molecule has 0 bridgehead atoms. The first-order valence-electron chi connectivity index (χ1n) is 10.7. The van der Waals surface area contributed by atoms with Gasteiger partial charge in [-0.25, -0.2) is 4.79 Å². The van der Waals surface area contributed by atoms with Crippen LogP contribution < -0.4 is 22.1 Å². The zero-order chi connectivity index (χ0) is 25.3. The highest BCUT2D eigenvalue weighted by Gasteiger charge is 2.39. The van der Waals surface area contributed by atoms with Crippen molar-refractivity contribution in [3.8, 4) is 0 Å². The number of hydrogen-bond donors (Lipinski definition) is 6. The Kier molecular flexibility index (Phi) is 10.7. The van der Waals surface area contributed by atoms with Gasteiger partial charge in [-0.15, -0.1) is 0 Å². The van der Waals surface area contributed by atoms with Gasteiger partial charge in [0.2, 0.25) is 23.6 Å². The Morgan fingerprint density at radius 3 is 2.21 bits per heavy atom. The summed E-state index contributed by atoms with van der Waals surface area (Å²) in [5.41, 5.74) is 10.6. The molecule has 0 spiro atoms. The lowest BCUT2D eigenvalue weighted by atomic mass is 10.0. The number of aliphatic carboxylic acids is 2. The molecule has 1 fully saturated rings. The van der Waals surface area contributed by atoms with Crippen LogP contribution in [0.5, 0.6) is 0 Å². The lowest BCUT2D eigenvalue weighted by molar-refractivity contribution is -0.145. The quantitative estimate of drug-likeness (QED) is 0.177. The number of primary amides is 1. The number of carbonyl (C=O) groups is 6. The standard InChI is InChI=1S/C20H33N5O8/c1-10(2)8-13(24-17(29)11(21)9-16(27)28)19(31)25-7-3-4-14(25)18(30)23-12(20(32)33)5-6-15(22)26/h10-14H,3-9,21H2,1-2H3,(H2,22,26)(H,23,30)(H,24,29)(H,27,28)(H,32,33). The van der Waals surface area contributed by atoms with Crippen molar-refractivity contribution in [3.05, 3.63) is 0 Å². The zero-order valence-electron chi connectivity index (χ0n) is 18.8. The van der Waals surface area contributed by atoms with Crippen molar-refractivity contribution in [2.75, 3.05) is 6.54 Å². The lowest BCUT2D eigenvalue weighted by Gasteiger charge is -2.30. The Morgan fingerprint density at radius 1 is 1.06 bits per heavy atom. The smallest absolute Gasteiger partial charge is 0.326 e. The van der Waals surface area contributed by atoms with E-state index in [1.807, 2.05) is 13.8 Å². The average molecular weight is 472 g/mol. The number of nitrogens with two attached hydrogens (primary N) is 2. The van der Waals surface area contributed by atoms with E-state index in [4.69, 9.17) is 16.6 Å². The second-order valence-electron chi connectivity index (χ2n) is 8.49. The predicted molar refractivity (Wildman–Crippen MR) is 114 cm³/mol. The molecule has 186 valence electrons. The topological polar surface area (TPSA) is 222 Å². The van der Waals surface area contributed by atoms with Crippen LogP contribution in [0.3, 0.4) is 0 Å². The van der Waals surface area contributed by atoms with Crippen LogP contribution in [0.2, 0.25) is 0 Å². The van der Waals surface area contributed by atoms with Gasteiger partial charge in [-0.2, -0.15) is 0 Å². The van der Waals surface area contributed by atoms with Crippen molar-refractivity contribution in [1.82, 2.24) is 15.5 Å². The van der Waals surface area contributed by atoms with Crippen molar-refractivity contribution in [1.29, 1.82) is 0 Å². The summed E-state index contributed by atoms with van der Waals surface area (Å²) in [5, 5.41) is 23.0. The van der Waals surface area contributed by atoms with Crippen molar-refractivity contribution >= 4 is 35.6 Å². The molecule has 13 heteroatoms. The number of nitrogens with zero attached hydrogens (tertiary/aromatic N) is 1. The number of hydrogen-bond acceptors (Lipinski definition) is 7. The molecule has 1 rings (SSSR count). The SMILES string of the molecule is CC(C)CC(NC(=O)C(N)CC(=O)O)C(=O)N1CCCC1C(=O)NC(CCC(N)=O)C(=O)O. The van der Waals surface area contributed by atoms with E-state index in [0.717, 1.165) is 0 Å². The van der Waals surface area contributed by atoms with Gasteiger partial charge >= 0.3 is 11.9 Å². The summed E-state index contributed by atoms with van der Waals surface area (Å²) in [4.78, 5) is 72.7. The van der Waals surface area contributed by atoms with Crippen LogP contribution in [0, 0.1) is 5.92 Å². The summed E-state index contributed by atoms with van der Waals surface area (Å²) in [6.07, 6.45) is -0.0187. The van der Waals surface area contributed by atoms with Gasteiger partial charge in [-0.1, -0.05) is 13.8 Å². The van der Waals surface area contributed by atoms with E-state index in [1.165, 1.54) is 4.90 Å². The van der Waals surface area contributed by atoms with Gasteiger partial charge in [0.05, 0.1) is 12.5 Å². The Labute approximate surface area is 191 Å². The first-order valence-corrected chi connectivity index (χ1v) is 10.7. The second kappa shape index (κ2) is 12.7. The van der Waals surface area contributed by atoms with Crippen LogP contribution in [0.4, 0.5) is 0 Å². The zero-order valence-corrected chi connectivity index (χ0v) is 18.8. The molecule has 4 unspecified atom stereocenters. The monoisotopic (exact) mass is 471 g/mol. The van der Waals surface area contributed by atoms with Crippen LogP contribution >= 0.6 is 0 Å². The molecule has 4 amide bonds. The number of rotatable bonds is 13. The van der Waals surface area contributed by atoms with Crippen LogP contribution in [0.25, 0.3) is 0 Å². The average Bonchev–Trinajstić information content (AvgIpc) is 3.18. The molecule has 0 saturated carbocycles. The van der Waals surface area contributed by atoms with Crippen LogP contribution in [0.1, 0.15) is 52.4 Å². The Morgan fingerprint density at radius 2 is 1.70 bits per heavy atom. The molecular formula is C20H33N5O8. The molecule has 8 N–H and O–H groups in total. The molecule has 0 aromatic heterocycles. The minimum atomic E-state index is -1.34. The van der Waals surface area contributed by atoms with Gasteiger partial charge in [0.1, 0.15) is 18.1 Å². The maximum Gasteiger partial charge on any atom is 0.326 e. The van der Waals surface area contributed by atoms with Gasteiger partial charge < -0.3 is 37.2 Å². The molecule has 1 saturated heterocycles. The Hall–Kier alpha value is -3.22. The van der Waals surface area contributed by atoms with E-state index in [0.29, 0.717) is 12.8 Å². The third kappa shape index (κ3) is 9.04. The summed E-state index contributed by atoms with van der Waals surface area (Å²) in [5.74, 6) is -5.34. The van der Waals surface area contributed by atoms with Gasteiger partial charge in [-0.3, -0.25) is 24.0 Å². The predicted octanol–water partition coefficient (Wildman–Crippen LogP) is -1.85. The van der Waals surface area contributed by atoms with E-state index in [9.17, 15) is 33.9 Å². The Balaban J connectivity index is 2.94. The molecule has 1 aliphatic rings. The van der Waals surface area contributed by atoms with Crippen LogP contribution in [0.15, 0.2) is 0 Å². The molecule has 0 aromatic carbocycles. The highest BCUT2D eigenvalue weighted by molar-refractivity contribution is 5.95. The fraction of sp³-hybridized carbons (Fsp3) is 0.700. The van der Waals surface area contributed by atoms with E-state index in [2.05, 4.69) is 10.6 Å². The summed E-state index contributed by atoms with van der Waals surface area (Å²) < 4.78 is 0. The van der Waals surface area contributed by atoms with Gasteiger partial charge in [0.25, 0.3) is 0 Å². The van der Waals surface area contributed by atoms with E-state index in [-0.39, 0.29) is 31.7 Å². The summed E-state index contributed by atoms with van der Waals surface area (Å²) in [6.45, 7) is 3.88. The number of likely N-dealkylation sites (tertiary alicyclic amines) is 1. The second-order valence-corrected chi connectivity index (χ2v) is 8.49. The van der Waals surface area contributed by atoms with E-state index >= 15 is 0 Å². The molecule has 0 aromatic rings. The highest BCUT2D eigenvalue weighted by Crippen LogP contribution is 2.21. The number of carboxylic acids is 2. The lowest BCUT2D eigenvalue weighted by Crippen LogP contribution is -2.57. The normalized spacial score (nSPS) is 18.3. The molecule has 33 heavy (non-hydrogen) atoms. The first-order chi connectivity index (χ1) is 15.3. The molecule has 1 aliphatic heterocycles. The number of carboxylic acid groups (broad SMARTS) is 2. The molecule has 4 atom stereocenters. The van der Waals surface area contributed by atoms with Crippen LogP contribution in [-0.4, -0.2) is 81.4 Å². The molecule has 1 heterocycles. The fourth-order valence-electron chi connectivity index (χ4n) is 3.57. The third-order valence-electron chi connectivity index (χ3n) is 5.19. The molecule has 13 nitrogen and oxygen atoms in total. The summed E-state index contributed by atoms with van der Waals surface area (Å²) in [6, 6.07) is -4.67. The maximum atomic E-state index is 13.2. The minimum absolute atomic E-state index is 0.0185. The molecule has 0 aliphatic carbocycles. The number of nitrogens with one attached hydrogen (secondary N) is 2. The third-order valence-corrected chi connectivity index (χ3v) is 5.19. The Bertz CT molecular complexity index is 772. The van der Waals surface area contributed by atoms with Gasteiger partial charge in [-0.05, 0) is 31.6 Å².